The number of anilines is 3. The monoisotopic (exact) mass is 707 g/mol. The second kappa shape index (κ2) is 17.6. The van der Waals surface area contributed by atoms with Gasteiger partial charge in [0.05, 0.1) is 7.11 Å². The summed E-state index contributed by atoms with van der Waals surface area (Å²) in [4.78, 5) is 52.8. The summed E-state index contributed by atoms with van der Waals surface area (Å²) in [6, 6.07) is 17.9. The Bertz CT molecular complexity index is 1850. The molecule has 3 amide bonds. The zero-order valence-corrected chi connectivity index (χ0v) is 30.9. The van der Waals surface area contributed by atoms with Crippen molar-refractivity contribution in [3.05, 3.63) is 94.7 Å². The summed E-state index contributed by atoms with van der Waals surface area (Å²) in [6.45, 7) is 11.4. The Hall–Kier alpha value is -5.49. The molecule has 3 N–H and O–H groups in total. The van der Waals surface area contributed by atoms with E-state index < -0.39 is 5.91 Å². The van der Waals surface area contributed by atoms with Gasteiger partial charge in [0.15, 0.2) is 11.5 Å². The quantitative estimate of drug-likeness (QED) is 0.120. The number of rotatable bonds is 15. The first-order valence-electron chi connectivity index (χ1n) is 17.9. The molecule has 0 atom stereocenters. The van der Waals surface area contributed by atoms with Gasteiger partial charge in [0.1, 0.15) is 5.56 Å². The van der Waals surface area contributed by atoms with Crippen LogP contribution in [0, 0.1) is 13.8 Å². The molecular formula is C40H49N7O5. The number of amides is 3. The maximum Gasteiger partial charge on any atom is 0.262 e. The fourth-order valence-corrected chi connectivity index (χ4v) is 6.17. The number of hydrogen-bond acceptors (Lipinski definition) is 9. The normalized spacial score (nSPS) is 12.8. The van der Waals surface area contributed by atoms with Gasteiger partial charge >= 0.3 is 0 Å². The number of nitrogens with one attached hydrogen (secondary N) is 3. The molecule has 12 nitrogen and oxygen atoms in total. The molecule has 1 aliphatic carbocycles. The highest BCUT2D eigenvalue weighted by Gasteiger charge is 2.23. The van der Waals surface area contributed by atoms with Crippen LogP contribution in [0.2, 0.25) is 0 Å². The van der Waals surface area contributed by atoms with E-state index in [9.17, 15) is 14.4 Å². The molecule has 1 saturated carbocycles. The van der Waals surface area contributed by atoms with E-state index in [1.54, 1.807) is 54.4 Å². The number of carbonyl (C=O) groups excluding carboxylic acids is 3. The summed E-state index contributed by atoms with van der Waals surface area (Å²) in [5, 5.41) is 9.23. The lowest BCUT2D eigenvalue weighted by Crippen LogP contribution is -2.36. The zero-order chi connectivity index (χ0) is 37.2. The molecule has 1 aliphatic rings. The number of aryl methyl sites for hydroxylation is 2. The predicted molar refractivity (Wildman–Crippen MR) is 203 cm³/mol. The first kappa shape index (κ1) is 37.8. The van der Waals surface area contributed by atoms with Crippen molar-refractivity contribution >= 4 is 35.0 Å². The average Bonchev–Trinajstić information content (AvgIpc) is 3.66. The SMILES string of the molecule is CCN(CC)CCN(C)C(=O)c1ccc(Nc2ncc(C(=O)Nc3c(C)cccc3C)c(Oc3ccc(C(=O)NC4CCCC4)cc3OC)n2)cc1. The van der Waals surface area contributed by atoms with E-state index in [1.807, 2.05) is 32.0 Å². The topological polar surface area (TPSA) is 138 Å². The van der Waals surface area contributed by atoms with Crippen LogP contribution in [0.1, 0.15) is 81.7 Å². The van der Waals surface area contributed by atoms with E-state index in [-0.39, 0.29) is 41.0 Å². The highest BCUT2D eigenvalue weighted by molar-refractivity contribution is 6.06. The Morgan fingerprint density at radius 1 is 0.865 bits per heavy atom. The number of hydrogen-bond donors (Lipinski definition) is 3. The second-order valence-corrected chi connectivity index (χ2v) is 13.0. The van der Waals surface area contributed by atoms with Crippen LogP contribution in [0.15, 0.2) is 66.9 Å². The molecule has 1 aromatic heterocycles. The maximum atomic E-state index is 13.7. The third kappa shape index (κ3) is 9.43. The fourth-order valence-electron chi connectivity index (χ4n) is 6.17. The lowest BCUT2D eigenvalue weighted by atomic mass is 10.1. The first-order valence-corrected chi connectivity index (χ1v) is 17.9. The van der Waals surface area contributed by atoms with Gasteiger partial charge in [-0.1, -0.05) is 44.9 Å². The standard InChI is InChI=1S/C40H49N7O5/c1-7-47(8-2)23-22-46(5)39(50)28-16-19-31(20-17-28)43-40-41-25-32(37(49)44-35-26(3)12-11-13-27(35)4)38(45-40)52-33-21-18-29(24-34(33)51-6)36(48)42-30-14-9-10-15-30/h11-13,16-21,24-25,30H,7-10,14-15,22-23H2,1-6H3,(H,42,48)(H,44,49)(H,41,43,45). The minimum atomic E-state index is -0.460. The second-order valence-electron chi connectivity index (χ2n) is 13.0. The van der Waals surface area contributed by atoms with Gasteiger partial charge < -0.3 is 35.2 Å². The van der Waals surface area contributed by atoms with E-state index in [2.05, 4.69) is 44.7 Å². The molecular weight excluding hydrogens is 658 g/mol. The van der Waals surface area contributed by atoms with Gasteiger partial charge in [0.2, 0.25) is 11.8 Å². The Kier molecular flexibility index (Phi) is 12.8. The Morgan fingerprint density at radius 3 is 2.19 bits per heavy atom. The molecule has 52 heavy (non-hydrogen) atoms. The van der Waals surface area contributed by atoms with Crippen LogP contribution in [0.25, 0.3) is 0 Å². The lowest BCUT2D eigenvalue weighted by Gasteiger charge is -2.23. The van der Waals surface area contributed by atoms with E-state index in [0.717, 1.165) is 56.4 Å². The van der Waals surface area contributed by atoms with Crippen LogP contribution in [0.3, 0.4) is 0 Å². The third-order valence-electron chi connectivity index (χ3n) is 9.42. The van der Waals surface area contributed by atoms with E-state index in [4.69, 9.17) is 9.47 Å². The highest BCUT2D eigenvalue weighted by Crippen LogP contribution is 2.34. The highest BCUT2D eigenvalue weighted by atomic mass is 16.5. The van der Waals surface area contributed by atoms with Gasteiger partial charge in [-0.25, -0.2) is 4.98 Å². The number of para-hydroxylation sites is 1. The third-order valence-corrected chi connectivity index (χ3v) is 9.42. The predicted octanol–water partition coefficient (Wildman–Crippen LogP) is 6.98. The molecule has 4 aromatic rings. The van der Waals surface area contributed by atoms with Crippen molar-refractivity contribution in [2.24, 2.45) is 0 Å². The number of carbonyl (C=O) groups is 3. The summed E-state index contributed by atoms with van der Waals surface area (Å²) in [5.74, 6) is -0.00329. The molecule has 12 heteroatoms. The number of likely N-dealkylation sites (N-methyl/N-ethyl adjacent to an activating group) is 2. The molecule has 0 saturated heterocycles. The summed E-state index contributed by atoms with van der Waals surface area (Å²) in [6.07, 6.45) is 5.55. The van der Waals surface area contributed by atoms with Gasteiger partial charge in [-0.3, -0.25) is 14.4 Å². The van der Waals surface area contributed by atoms with E-state index >= 15 is 0 Å². The van der Waals surface area contributed by atoms with Gasteiger partial charge in [-0.15, -0.1) is 0 Å². The maximum absolute atomic E-state index is 13.7. The molecule has 5 rings (SSSR count). The van der Waals surface area contributed by atoms with Crippen LogP contribution in [-0.4, -0.2) is 83.9 Å². The number of benzene rings is 3. The van der Waals surface area contributed by atoms with Gasteiger partial charge in [0.25, 0.3) is 17.7 Å². The molecule has 1 heterocycles. The van der Waals surface area contributed by atoms with E-state index in [0.29, 0.717) is 34.8 Å². The van der Waals surface area contributed by atoms with Crippen molar-refractivity contribution in [3.8, 4) is 17.4 Å². The van der Waals surface area contributed by atoms with Crippen LogP contribution in [0.4, 0.5) is 17.3 Å². The first-order chi connectivity index (χ1) is 25.1. The van der Waals surface area contributed by atoms with Crippen LogP contribution >= 0.6 is 0 Å². The van der Waals surface area contributed by atoms with Gasteiger partial charge in [-0.2, -0.15) is 4.98 Å². The molecule has 0 bridgehead atoms. The number of methoxy groups -OCH3 is 1. The molecule has 0 spiro atoms. The largest absolute Gasteiger partial charge is 0.493 e. The zero-order valence-electron chi connectivity index (χ0n) is 30.9. The van der Waals surface area contributed by atoms with Crippen molar-refractivity contribution in [2.45, 2.75) is 59.4 Å². The molecule has 3 aromatic carbocycles. The summed E-state index contributed by atoms with van der Waals surface area (Å²) < 4.78 is 11.9. The summed E-state index contributed by atoms with van der Waals surface area (Å²) in [5.41, 5.74) is 4.21. The smallest absolute Gasteiger partial charge is 0.262 e. The molecule has 0 radical (unpaired) electrons. The molecule has 274 valence electrons. The fraction of sp³-hybridized carbons (Fsp3) is 0.375. The van der Waals surface area contributed by atoms with Crippen molar-refractivity contribution in [3.63, 3.8) is 0 Å². The number of aromatic nitrogens is 2. The molecule has 0 aliphatic heterocycles. The van der Waals surface area contributed by atoms with Gasteiger partial charge in [0, 0.05) is 54.9 Å². The van der Waals surface area contributed by atoms with Crippen molar-refractivity contribution in [1.29, 1.82) is 0 Å². The van der Waals surface area contributed by atoms with Crippen LogP contribution < -0.4 is 25.4 Å². The summed E-state index contributed by atoms with van der Waals surface area (Å²) >= 11 is 0. The van der Waals surface area contributed by atoms with Crippen molar-refractivity contribution < 1.29 is 23.9 Å². The Morgan fingerprint density at radius 2 is 1.54 bits per heavy atom. The average molecular weight is 708 g/mol. The van der Waals surface area contributed by atoms with E-state index in [1.165, 1.54) is 13.3 Å². The van der Waals surface area contributed by atoms with Crippen LogP contribution in [-0.2, 0) is 0 Å². The minimum Gasteiger partial charge on any atom is -0.493 e. The van der Waals surface area contributed by atoms with Crippen molar-refractivity contribution in [2.75, 3.05) is 51.0 Å². The Balaban J connectivity index is 1.38. The summed E-state index contributed by atoms with van der Waals surface area (Å²) in [7, 11) is 3.29. The molecule has 1 fully saturated rings. The minimum absolute atomic E-state index is 0.0238. The van der Waals surface area contributed by atoms with Gasteiger partial charge in [-0.05, 0) is 93.4 Å². The Labute approximate surface area is 305 Å². The number of ether oxygens (including phenoxy) is 2. The van der Waals surface area contributed by atoms with Crippen LogP contribution in [0.5, 0.6) is 17.4 Å². The van der Waals surface area contributed by atoms with Crippen molar-refractivity contribution in [1.82, 2.24) is 25.1 Å². The number of nitrogens with zero attached hydrogens (tertiary/aromatic N) is 4. The lowest BCUT2D eigenvalue weighted by molar-refractivity contribution is 0.0779. The molecule has 0 unspecified atom stereocenters.